The summed E-state index contributed by atoms with van der Waals surface area (Å²) in [4.78, 5) is 30.1. The number of aliphatic hydroxyl groups excluding tert-OH is 1. The van der Waals surface area contributed by atoms with E-state index >= 15 is 0 Å². The predicted molar refractivity (Wildman–Crippen MR) is 144 cm³/mol. The minimum Gasteiger partial charge on any atom is -0.507 e. The van der Waals surface area contributed by atoms with Crippen molar-refractivity contribution in [3.8, 4) is 5.75 Å². The number of hydrogen-bond donors (Lipinski definition) is 1. The summed E-state index contributed by atoms with van der Waals surface area (Å²) in [6.45, 7) is 2.53. The van der Waals surface area contributed by atoms with Crippen LogP contribution in [-0.2, 0) is 9.59 Å². The second-order valence-electron chi connectivity index (χ2n) is 8.63. The first kappa shape index (κ1) is 25.6. The van der Waals surface area contributed by atoms with Crippen molar-refractivity contribution in [2.75, 3.05) is 30.5 Å². The van der Waals surface area contributed by atoms with Gasteiger partial charge in [-0.25, -0.2) is 0 Å². The highest BCUT2D eigenvalue weighted by Crippen LogP contribution is 2.43. The quantitative estimate of drug-likeness (QED) is 0.217. The summed E-state index contributed by atoms with van der Waals surface area (Å²) in [5.41, 5.74) is 2.37. The number of hydrogen-bond acceptors (Lipinski definition) is 5. The fourth-order valence-corrected chi connectivity index (χ4v) is 4.41. The molecule has 1 N–H and O–H groups in total. The van der Waals surface area contributed by atoms with Crippen LogP contribution in [0.5, 0.6) is 5.75 Å². The number of benzene rings is 3. The fraction of sp³-hybridized carbons (Fsp3) is 0.214. The van der Waals surface area contributed by atoms with Crippen LogP contribution in [0.15, 0.2) is 72.3 Å². The van der Waals surface area contributed by atoms with E-state index in [1.54, 1.807) is 30.3 Å². The Balaban J connectivity index is 1.90. The van der Waals surface area contributed by atoms with Crippen molar-refractivity contribution in [2.24, 2.45) is 0 Å². The normalized spacial score (nSPS) is 16.9. The van der Waals surface area contributed by atoms with Crippen molar-refractivity contribution in [3.63, 3.8) is 0 Å². The molecule has 3 aromatic rings. The number of Topliss-reactive ketones (excluding diaryl/α,β-unsaturated/α-hetero) is 1. The molecule has 1 aliphatic heterocycles. The van der Waals surface area contributed by atoms with Gasteiger partial charge in [0.15, 0.2) is 0 Å². The number of nitrogens with zero attached hydrogens (tertiary/aromatic N) is 2. The van der Waals surface area contributed by atoms with Crippen LogP contribution in [0.2, 0.25) is 10.0 Å². The summed E-state index contributed by atoms with van der Waals surface area (Å²) in [6.07, 6.45) is 0.830. The molecular formula is C28H26Cl2N2O4. The van der Waals surface area contributed by atoms with Gasteiger partial charge in [0.2, 0.25) is 0 Å². The van der Waals surface area contributed by atoms with Gasteiger partial charge in [-0.2, -0.15) is 0 Å². The molecule has 0 radical (unpaired) electrons. The second-order valence-corrected chi connectivity index (χ2v) is 9.44. The van der Waals surface area contributed by atoms with Gasteiger partial charge in [0.1, 0.15) is 11.5 Å². The Bertz CT molecular complexity index is 1340. The zero-order valence-electron chi connectivity index (χ0n) is 20.2. The zero-order chi connectivity index (χ0) is 26.0. The van der Waals surface area contributed by atoms with E-state index in [1.807, 2.05) is 50.2 Å². The highest BCUT2D eigenvalue weighted by Gasteiger charge is 2.47. The molecule has 1 amide bonds. The van der Waals surface area contributed by atoms with Crippen molar-refractivity contribution < 1.29 is 19.4 Å². The Morgan fingerprint density at radius 1 is 1.00 bits per heavy atom. The number of ether oxygens (including phenoxy) is 1. The van der Waals surface area contributed by atoms with Crippen LogP contribution in [-0.4, -0.2) is 37.5 Å². The Morgan fingerprint density at radius 2 is 1.72 bits per heavy atom. The van der Waals surface area contributed by atoms with E-state index in [-0.39, 0.29) is 21.9 Å². The molecule has 186 valence electrons. The van der Waals surface area contributed by atoms with Crippen molar-refractivity contribution in [1.82, 2.24) is 0 Å². The number of carbonyl (C=O) groups excluding carboxylic acids is 2. The van der Waals surface area contributed by atoms with Crippen molar-refractivity contribution in [2.45, 2.75) is 19.4 Å². The second kappa shape index (κ2) is 10.6. The maximum absolute atomic E-state index is 13.4. The summed E-state index contributed by atoms with van der Waals surface area (Å²) in [7, 11) is 3.85. The van der Waals surface area contributed by atoms with Gasteiger partial charge in [0, 0.05) is 37.1 Å². The van der Waals surface area contributed by atoms with Gasteiger partial charge in [-0.3, -0.25) is 14.5 Å². The third-order valence-electron chi connectivity index (χ3n) is 5.93. The maximum atomic E-state index is 13.4. The molecule has 1 unspecified atom stereocenters. The molecule has 1 fully saturated rings. The Morgan fingerprint density at radius 3 is 2.36 bits per heavy atom. The van der Waals surface area contributed by atoms with E-state index < -0.39 is 17.7 Å². The van der Waals surface area contributed by atoms with Crippen LogP contribution in [0, 0.1) is 0 Å². The molecule has 36 heavy (non-hydrogen) atoms. The molecule has 3 aromatic carbocycles. The Labute approximate surface area is 220 Å². The lowest BCUT2D eigenvalue weighted by atomic mass is 9.95. The summed E-state index contributed by atoms with van der Waals surface area (Å²) in [5.74, 6) is -1.27. The summed E-state index contributed by atoms with van der Waals surface area (Å²) >= 11 is 12.2. The van der Waals surface area contributed by atoms with E-state index in [0.717, 1.165) is 12.1 Å². The van der Waals surface area contributed by atoms with E-state index in [0.29, 0.717) is 28.6 Å². The lowest BCUT2D eigenvalue weighted by molar-refractivity contribution is -0.132. The average molecular weight is 525 g/mol. The number of aliphatic hydroxyl groups is 1. The van der Waals surface area contributed by atoms with Gasteiger partial charge in [0.25, 0.3) is 11.7 Å². The van der Waals surface area contributed by atoms with Gasteiger partial charge in [-0.1, -0.05) is 48.3 Å². The zero-order valence-corrected chi connectivity index (χ0v) is 21.7. The summed E-state index contributed by atoms with van der Waals surface area (Å²) < 4.78 is 5.75. The molecule has 8 heteroatoms. The van der Waals surface area contributed by atoms with E-state index in [4.69, 9.17) is 27.9 Å². The highest BCUT2D eigenvalue weighted by atomic mass is 35.5. The van der Waals surface area contributed by atoms with Crippen molar-refractivity contribution >= 4 is 52.0 Å². The minimum atomic E-state index is -0.864. The summed E-state index contributed by atoms with van der Waals surface area (Å²) in [5, 5.41) is 11.8. The topological polar surface area (TPSA) is 70.1 Å². The van der Waals surface area contributed by atoms with Gasteiger partial charge in [0.05, 0.1) is 28.3 Å². The largest absolute Gasteiger partial charge is 0.507 e. The number of halogens is 2. The molecule has 1 heterocycles. The maximum Gasteiger partial charge on any atom is 0.300 e. The number of anilines is 2. The molecule has 1 atom stereocenters. The monoisotopic (exact) mass is 524 g/mol. The molecule has 4 rings (SSSR count). The Hall–Kier alpha value is -3.48. The van der Waals surface area contributed by atoms with Gasteiger partial charge in [-0.05, 0) is 54.4 Å². The van der Waals surface area contributed by atoms with Crippen molar-refractivity contribution in [1.29, 1.82) is 0 Å². The van der Waals surface area contributed by atoms with Crippen LogP contribution >= 0.6 is 23.2 Å². The van der Waals surface area contributed by atoms with E-state index in [2.05, 4.69) is 0 Å². The van der Waals surface area contributed by atoms with Crippen LogP contribution in [0.1, 0.15) is 30.5 Å². The van der Waals surface area contributed by atoms with Crippen LogP contribution in [0.4, 0.5) is 11.4 Å². The molecule has 0 aliphatic carbocycles. The van der Waals surface area contributed by atoms with Gasteiger partial charge >= 0.3 is 0 Å². The number of carbonyl (C=O) groups is 2. The van der Waals surface area contributed by atoms with Crippen molar-refractivity contribution in [3.05, 3.63) is 93.5 Å². The smallest absolute Gasteiger partial charge is 0.300 e. The molecule has 1 aliphatic rings. The average Bonchev–Trinajstić information content (AvgIpc) is 3.14. The first-order valence-electron chi connectivity index (χ1n) is 11.5. The molecule has 0 saturated carbocycles. The van der Waals surface area contributed by atoms with Gasteiger partial charge < -0.3 is 14.7 Å². The predicted octanol–water partition coefficient (Wildman–Crippen LogP) is 6.47. The highest BCUT2D eigenvalue weighted by molar-refractivity contribution is 6.51. The molecule has 6 nitrogen and oxygen atoms in total. The van der Waals surface area contributed by atoms with E-state index in [1.165, 1.54) is 17.0 Å². The third-order valence-corrected chi connectivity index (χ3v) is 6.67. The van der Waals surface area contributed by atoms with Crippen LogP contribution < -0.4 is 14.5 Å². The van der Waals surface area contributed by atoms with Crippen LogP contribution in [0.3, 0.4) is 0 Å². The number of amides is 1. The van der Waals surface area contributed by atoms with Crippen LogP contribution in [0.25, 0.3) is 5.76 Å². The lowest BCUT2D eigenvalue weighted by Crippen LogP contribution is -2.29. The molecule has 1 saturated heterocycles. The van der Waals surface area contributed by atoms with E-state index in [9.17, 15) is 14.7 Å². The minimum absolute atomic E-state index is 0.0316. The first-order valence-corrected chi connectivity index (χ1v) is 12.2. The lowest BCUT2D eigenvalue weighted by Gasteiger charge is -2.26. The number of ketones is 1. The molecule has 0 spiro atoms. The third kappa shape index (κ3) is 4.92. The SMILES string of the molecule is CCCOc1cccc(N2C(=O)C(=O)/C(=C(/O)c3ccc(Cl)c(Cl)c3)C2c2ccc(N(C)C)cc2)c1. The molecule has 0 bridgehead atoms. The standard InChI is InChI=1S/C28H26Cl2N2O4/c1-4-14-36-21-7-5-6-20(16-21)32-25(17-8-11-19(12-9-17)31(2)3)24(27(34)28(32)35)26(33)18-10-13-22(29)23(30)15-18/h5-13,15-16,25,33H,4,14H2,1-3H3/b26-24+. The van der Waals surface area contributed by atoms with Gasteiger partial charge in [-0.15, -0.1) is 0 Å². The first-order chi connectivity index (χ1) is 17.2. The number of rotatable bonds is 7. The molecule has 0 aromatic heterocycles. The fourth-order valence-electron chi connectivity index (χ4n) is 4.11. The molecular weight excluding hydrogens is 499 g/mol. The Kier molecular flexibility index (Phi) is 7.57. The summed E-state index contributed by atoms with van der Waals surface area (Å²) in [6, 6.07) is 18.2.